The lowest BCUT2D eigenvalue weighted by Gasteiger charge is -2.17. The number of aliphatic hydroxyl groups excluding tert-OH is 1. The highest BCUT2D eigenvalue weighted by atomic mass is 35.5. The number of hydrogen-bond donors (Lipinski definition) is 1. The molecule has 4 heteroatoms. The van der Waals surface area contributed by atoms with Crippen LogP contribution in [0.15, 0.2) is 72.9 Å². The first kappa shape index (κ1) is 17.8. The van der Waals surface area contributed by atoms with E-state index in [-0.39, 0.29) is 0 Å². The lowest BCUT2D eigenvalue weighted by molar-refractivity contribution is 0.161. The molecular weight excluding hydrogens is 356 g/mol. The summed E-state index contributed by atoms with van der Waals surface area (Å²) in [6.07, 6.45) is 2.77. The number of halogens is 1. The summed E-state index contributed by atoms with van der Waals surface area (Å²) in [5, 5.41) is 12.9. The Balaban J connectivity index is 2.09. The third-order valence-electron chi connectivity index (χ3n) is 4.80. The van der Waals surface area contributed by atoms with Gasteiger partial charge in [0.15, 0.2) is 0 Å². The van der Waals surface area contributed by atoms with Crippen molar-refractivity contribution >= 4 is 22.5 Å². The van der Waals surface area contributed by atoms with Crippen molar-refractivity contribution in [1.29, 1.82) is 0 Å². The van der Waals surface area contributed by atoms with Gasteiger partial charge in [-0.1, -0.05) is 61.3 Å². The molecule has 136 valence electrons. The number of benzene rings is 2. The van der Waals surface area contributed by atoms with Crippen LogP contribution in [0, 0.1) is 0 Å². The minimum atomic E-state index is -0.588. The largest absolute Gasteiger partial charge is 0.387 e. The molecule has 2 aromatic heterocycles. The van der Waals surface area contributed by atoms with E-state index >= 15 is 0 Å². The Labute approximate surface area is 163 Å². The molecule has 1 unspecified atom stereocenters. The molecule has 0 radical (unpaired) electrons. The third kappa shape index (κ3) is 3.25. The first-order valence-corrected chi connectivity index (χ1v) is 9.57. The Bertz CT molecular complexity index is 1060. The molecule has 0 saturated carbocycles. The fourth-order valence-electron chi connectivity index (χ4n) is 3.64. The zero-order valence-electron chi connectivity index (χ0n) is 15.1. The maximum Gasteiger partial charge on any atom is 0.137 e. The van der Waals surface area contributed by atoms with Crippen molar-refractivity contribution in [2.24, 2.45) is 0 Å². The van der Waals surface area contributed by atoms with Crippen molar-refractivity contribution in [3.05, 3.63) is 83.6 Å². The number of hydrogen-bond acceptors (Lipinski definition) is 2. The lowest BCUT2D eigenvalue weighted by Crippen LogP contribution is -2.08. The van der Waals surface area contributed by atoms with Crippen molar-refractivity contribution < 1.29 is 5.11 Å². The van der Waals surface area contributed by atoms with Crippen molar-refractivity contribution in [2.45, 2.75) is 25.9 Å². The van der Waals surface area contributed by atoms with Crippen LogP contribution in [0.2, 0.25) is 5.02 Å². The molecule has 2 heterocycles. The van der Waals surface area contributed by atoms with Gasteiger partial charge in [0.25, 0.3) is 0 Å². The molecule has 0 aliphatic rings. The van der Waals surface area contributed by atoms with E-state index in [9.17, 15) is 5.11 Å². The average Bonchev–Trinajstić information content (AvgIpc) is 3.05. The maximum atomic E-state index is 11.1. The van der Waals surface area contributed by atoms with Crippen LogP contribution in [0.4, 0.5) is 0 Å². The Morgan fingerprint density at radius 3 is 2.44 bits per heavy atom. The number of rotatable bonds is 5. The van der Waals surface area contributed by atoms with Crippen LogP contribution >= 0.6 is 11.6 Å². The van der Waals surface area contributed by atoms with Crippen molar-refractivity contribution in [1.82, 2.24) is 9.55 Å². The van der Waals surface area contributed by atoms with Gasteiger partial charge in [-0.3, -0.25) is 4.57 Å². The number of para-hydroxylation sites is 1. The van der Waals surface area contributed by atoms with E-state index < -0.39 is 6.10 Å². The molecule has 3 nitrogen and oxygen atoms in total. The van der Waals surface area contributed by atoms with E-state index in [4.69, 9.17) is 11.6 Å². The van der Waals surface area contributed by atoms with Gasteiger partial charge in [0, 0.05) is 22.2 Å². The second-order valence-corrected chi connectivity index (χ2v) is 7.05. The summed E-state index contributed by atoms with van der Waals surface area (Å²) in [6.45, 7) is 2.08. The van der Waals surface area contributed by atoms with E-state index in [2.05, 4.69) is 28.6 Å². The minimum absolute atomic E-state index is 0.588. The van der Waals surface area contributed by atoms with Gasteiger partial charge in [0.1, 0.15) is 5.82 Å². The summed E-state index contributed by atoms with van der Waals surface area (Å²) in [5.74, 6) is 0.805. The van der Waals surface area contributed by atoms with Crippen LogP contribution in [-0.2, 0) is 0 Å². The second-order valence-electron chi connectivity index (χ2n) is 6.61. The zero-order valence-corrected chi connectivity index (χ0v) is 15.9. The molecule has 0 spiro atoms. The molecule has 0 aliphatic heterocycles. The first-order chi connectivity index (χ1) is 13.2. The number of pyridine rings is 1. The molecule has 0 bridgehead atoms. The van der Waals surface area contributed by atoms with E-state index in [1.54, 1.807) is 6.20 Å². The van der Waals surface area contributed by atoms with Crippen molar-refractivity contribution in [3.8, 4) is 16.9 Å². The van der Waals surface area contributed by atoms with E-state index in [1.165, 1.54) is 0 Å². The summed E-state index contributed by atoms with van der Waals surface area (Å²) >= 11 is 6.11. The predicted molar refractivity (Wildman–Crippen MR) is 111 cm³/mol. The van der Waals surface area contributed by atoms with Gasteiger partial charge in [-0.2, -0.15) is 0 Å². The van der Waals surface area contributed by atoms with Gasteiger partial charge >= 0.3 is 0 Å². The molecule has 4 aromatic rings. The smallest absolute Gasteiger partial charge is 0.137 e. The normalized spacial score (nSPS) is 12.4. The van der Waals surface area contributed by atoms with Gasteiger partial charge in [0.05, 0.1) is 17.3 Å². The third-order valence-corrected chi connectivity index (χ3v) is 5.05. The SMILES string of the molecule is CCCC(O)c1c(-c2ccc(Cl)cc2)c2ccccc2n1-c1ccccn1. The van der Waals surface area contributed by atoms with Crippen molar-refractivity contribution in [2.75, 3.05) is 0 Å². The number of fused-ring (bicyclic) bond motifs is 1. The van der Waals surface area contributed by atoms with Crippen LogP contribution in [0.25, 0.3) is 27.8 Å². The number of nitrogens with zero attached hydrogens (tertiary/aromatic N) is 2. The van der Waals surface area contributed by atoms with Gasteiger partial charge < -0.3 is 5.11 Å². The van der Waals surface area contributed by atoms with Gasteiger partial charge in [0.2, 0.25) is 0 Å². The fraction of sp³-hybridized carbons (Fsp3) is 0.174. The average molecular weight is 377 g/mol. The zero-order chi connectivity index (χ0) is 18.8. The standard InChI is InChI=1S/C23H21ClN2O/c1-2-7-20(27)23-22(16-11-13-17(24)14-12-16)18-8-3-4-9-19(18)26(23)21-10-5-6-15-25-21/h3-6,8-15,20,27H,2,7H2,1H3. The van der Waals surface area contributed by atoms with Gasteiger partial charge in [-0.05, 0) is 42.3 Å². The molecule has 0 aliphatic carbocycles. The van der Waals surface area contributed by atoms with Gasteiger partial charge in [-0.15, -0.1) is 0 Å². The highest BCUT2D eigenvalue weighted by molar-refractivity contribution is 6.30. The minimum Gasteiger partial charge on any atom is -0.387 e. The van der Waals surface area contributed by atoms with Crippen LogP contribution in [-0.4, -0.2) is 14.7 Å². The van der Waals surface area contributed by atoms with E-state index in [1.807, 2.05) is 54.6 Å². The summed E-state index contributed by atoms with van der Waals surface area (Å²) in [4.78, 5) is 4.55. The van der Waals surface area contributed by atoms with Crippen LogP contribution < -0.4 is 0 Å². The van der Waals surface area contributed by atoms with E-state index in [0.29, 0.717) is 11.4 Å². The summed E-state index contributed by atoms with van der Waals surface area (Å²) in [7, 11) is 0. The number of aromatic nitrogens is 2. The Kier molecular flexibility index (Phi) is 4.97. The molecule has 2 aromatic carbocycles. The summed E-state index contributed by atoms with van der Waals surface area (Å²) < 4.78 is 2.08. The Morgan fingerprint density at radius 2 is 1.74 bits per heavy atom. The van der Waals surface area contributed by atoms with Crippen LogP contribution in [0.3, 0.4) is 0 Å². The van der Waals surface area contributed by atoms with E-state index in [0.717, 1.165) is 40.0 Å². The molecule has 27 heavy (non-hydrogen) atoms. The van der Waals surface area contributed by atoms with Crippen LogP contribution in [0.5, 0.6) is 0 Å². The maximum absolute atomic E-state index is 11.1. The molecule has 0 amide bonds. The summed E-state index contributed by atoms with van der Waals surface area (Å²) in [5.41, 5.74) is 3.98. The molecule has 0 fully saturated rings. The molecule has 1 atom stereocenters. The van der Waals surface area contributed by atoms with Crippen molar-refractivity contribution in [3.63, 3.8) is 0 Å². The predicted octanol–water partition coefficient (Wildman–Crippen LogP) is 6.18. The van der Waals surface area contributed by atoms with Gasteiger partial charge in [-0.25, -0.2) is 4.98 Å². The molecule has 0 saturated heterocycles. The fourth-order valence-corrected chi connectivity index (χ4v) is 3.76. The quantitative estimate of drug-likeness (QED) is 0.451. The second kappa shape index (κ2) is 7.55. The highest BCUT2D eigenvalue weighted by Gasteiger charge is 2.24. The topological polar surface area (TPSA) is 38.0 Å². The summed E-state index contributed by atoms with van der Waals surface area (Å²) in [6, 6.07) is 21.9. The molecule has 1 N–H and O–H groups in total. The Morgan fingerprint density at radius 1 is 1.00 bits per heavy atom. The highest BCUT2D eigenvalue weighted by Crippen LogP contribution is 2.41. The Hall–Kier alpha value is -2.62. The molecule has 4 rings (SSSR count). The molecular formula is C23H21ClN2O. The number of aliphatic hydroxyl groups is 1. The first-order valence-electron chi connectivity index (χ1n) is 9.19. The lowest BCUT2D eigenvalue weighted by atomic mass is 9.98. The monoisotopic (exact) mass is 376 g/mol. The van der Waals surface area contributed by atoms with Crippen LogP contribution in [0.1, 0.15) is 31.6 Å².